The van der Waals surface area contributed by atoms with Gasteiger partial charge in [0, 0.05) is 0 Å². The second kappa shape index (κ2) is 9.87. The lowest BCUT2D eigenvalue weighted by Gasteiger charge is -2.07. The Hall–Kier alpha value is -4.32. The van der Waals surface area contributed by atoms with Crippen molar-refractivity contribution < 1.29 is 27.8 Å². The molecule has 33 heavy (non-hydrogen) atoms. The van der Waals surface area contributed by atoms with Gasteiger partial charge in [-0.3, -0.25) is 0 Å². The van der Waals surface area contributed by atoms with Gasteiger partial charge in [-0.25, -0.2) is 18.4 Å². The van der Waals surface area contributed by atoms with Crippen molar-refractivity contribution in [2.75, 3.05) is 0 Å². The van der Waals surface area contributed by atoms with Crippen LogP contribution in [0.2, 0.25) is 0 Å². The van der Waals surface area contributed by atoms with Crippen molar-refractivity contribution >= 4 is 11.9 Å². The van der Waals surface area contributed by atoms with Gasteiger partial charge in [-0.2, -0.15) is 0 Å². The summed E-state index contributed by atoms with van der Waals surface area (Å²) >= 11 is 0. The molecule has 0 bridgehead atoms. The zero-order valence-electron chi connectivity index (χ0n) is 17.3. The first-order valence-corrected chi connectivity index (χ1v) is 10.1. The minimum absolute atomic E-state index is 0.267. The number of benzene rings is 4. The van der Waals surface area contributed by atoms with E-state index >= 15 is 0 Å². The Morgan fingerprint density at radius 2 is 0.848 bits per heavy atom. The molecule has 0 aliphatic heterocycles. The molecule has 0 amide bonds. The van der Waals surface area contributed by atoms with Gasteiger partial charge >= 0.3 is 11.9 Å². The SMILES string of the molecule is O=C(Oc1ccc(F)cc1)c1ccc(Cc2ccc(C(=O)Oc3ccc(F)cc3)cc2)cc1. The summed E-state index contributed by atoms with van der Waals surface area (Å²) < 4.78 is 36.4. The van der Waals surface area contributed by atoms with E-state index in [0.29, 0.717) is 17.5 Å². The van der Waals surface area contributed by atoms with Crippen LogP contribution in [0.5, 0.6) is 11.5 Å². The summed E-state index contributed by atoms with van der Waals surface area (Å²) in [6.07, 6.45) is 0.598. The molecular formula is C27H18F2O4. The molecule has 4 aromatic rings. The molecule has 0 unspecified atom stereocenters. The third-order valence-electron chi connectivity index (χ3n) is 4.84. The van der Waals surface area contributed by atoms with Crippen molar-refractivity contribution in [3.8, 4) is 11.5 Å². The Morgan fingerprint density at radius 1 is 0.515 bits per heavy atom. The van der Waals surface area contributed by atoms with Crippen LogP contribution >= 0.6 is 0 Å². The molecule has 6 heteroatoms. The predicted molar refractivity (Wildman–Crippen MR) is 118 cm³/mol. The van der Waals surface area contributed by atoms with E-state index in [9.17, 15) is 18.4 Å². The lowest BCUT2D eigenvalue weighted by atomic mass is 10.0. The summed E-state index contributed by atoms with van der Waals surface area (Å²) in [5.74, 6) is -1.34. The zero-order valence-corrected chi connectivity index (χ0v) is 17.3. The molecule has 0 atom stereocenters. The summed E-state index contributed by atoms with van der Waals surface area (Å²) in [6, 6.07) is 24.4. The van der Waals surface area contributed by atoms with Crippen LogP contribution in [0, 0.1) is 11.6 Å². The first-order valence-electron chi connectivity index (χ1n) is 10.1. The lowest BCUT2D eigenvalue weighted by molar-refractivity contribution is 0.0725. The van der Waals surface area contributed by atoms with Crippen LogP contribution in [0.4, 0.5) is 8.78 Å². The Bertz CT molecular complexity index is 1150. The van der Waals surface area contributed by atoms with Crippen molar-refractivity contribution in [3.63, 3.8) is 0 Å². The van der Waals surface area contributed by atoms with Gasteiger partial charge in [0.1, 0.15) is 23.1 Å². The quantitative estimate of drug-likeness (QED) is 0.271. The first-order chi connectivity index (χ1) is 16.0. The van der Waals surface area contributed by atoms with Crippen molar-refractivity contribution in [1.29, 1.82) is 0 Å². The molecule has 164 valence electrons. The van der Waals surface area contributed by atoms with Crippen LogP contribution in [-0.4, -0.2) is 11.9 Å². The van der Waals surface area contributed by atoms with E-state index in [-0.39, 0.29) is 11.5 Å². The highest BCUT2D eigenvalue weighted by molar-refractivity contribution is 5.91. The maximum Gasteiger partial charge on any atom is 0.343 e. The van der Waals surface area contributed by atoms with Gasteiger partial charge in [0.05, 0.1) is 11.1 Å². The molecule has 0 spiro atoms. The number of carbonyl (C=O) groups excluding carboxylic acids is 2. The molecule has 0 fully saturated rings. The van der Waals surface area contributed by atoms with E-state index in [2.05, 4.69) is 0 Å². The van der Waals surface area contributed by atoms with Crippen LogP contribution in [0.25, 0.3) is 0 Å². The number of rotatable bonds is 6. The highest BCUT2D eigenvalue weighted by Crippen LogP contribution is 2.17. The smallest absolute Gasteiger partial charge is 0.343 e. The summed E-state index contributed by atoms with van der Waals surface area (Å²) in [4.78, 5) is 24.5. The molecule has 4 aromatic carbocycles. The zero-order chi connectivity index (χ0) is 23.2. The van der Waals surface area contributed by atoms with Gasteiger partial charge in [0.15, 0.2) is 0 Å². The topological polar surface area (TPSA) is 52.6 Å². The van der Waals surface area contributed by atoms with Gasteiger partial charge in [-0.1, -0.05) is 24.3 Å². The summed E-state index contributed by atoms with van der Waals surface area (Å²) in [7, 11) is 0. The van der Waals surface area contributed by atoms with Gasteiger partial charge in [0.2, 0.25) is 0 Å². The van der Waals surface area contributed by atoms with Gasteiger partial charge in [0.25, 0.3) is 0 Å². The van der Waals surface area contributed by atoms with Crippen LogP contribution in [-0.2, 0) is 6.42 Å². The fraction of sp³-hybridized carbons (Fsp3) is 0.0370. The van der Waals surface area contributed by atoms with E-state index in [4.69, 9.17) is 9.47 Å². The Balaban J connectivity index is 1.34. The average molecular weight is 444 g/mol. The largest absolute Gasteiger partial charge is 0.423 e. The van der Waals surface area contributed by atoms with Gasteiger partial charge in [-0.05, 0) is 90.3 Å². The van der Waals surface area contributed by atoms with E-state index in [1.807, 2.05) is 24.3 Å². The average Bonchev–Trinajstić information content (AvgIpc) is 2.83. The second-order valence-electron chi connectivity index (χ2n) is 7.26. The van der Waals surface area contributed by atoms with Crippen molar-refractivity contribution in [3.05, 3.63) is 131 Å². The predicted octanol–water partition coefficient (Wildman–Crippen LogP) is 5.99. The molecule has 4 nitrogen and oxygen atoms in total. The van der Waals surface area contributed by atoms with Crippen molar-refractivity contribution in [1.82, 2.24) is 0 Å². The molecule has 0 saturated heterocycles. The minimum atomic E-state index is -0.530. The standard InChI is InChI=1S/C27H18F2O4/c28-22-9-13-24(14-10-22)32-26(30)20-5-1-18(2-6-20)17-19-3-7-21(8-4-19)27(31)33-25-15-11-23(29)12-16-25/h1-16H,17H2. The fourth-order valence-corrected chi connectivity index (χ4v) is 3.09. The molecule has 0 radical (unpaired) electrons. The van der Waals surface area contributed by atoms with Gasteiger partial charge in [-0.15, -0.1) is 0 Å². The molecule has 0 aliphatic rings. The molecule has 0 aliphatic carbocycles. The highest BCUT2D eigenvalue weighted by atomic mass is 19.1. The molecule has 0 heterocycles. The van der Waals surface area contributed by atoms with E-state index in [1.165, 1.54) is 48.5 Å². The van der Waals surface area contributed by atoms with Crippen LogP contribution in [0.3, 0.4) is 0 Å². The Labute approximate surface area is 189 Å². The third kappa shape index (κ3) is 5.89. The van der Waals surface area contributed by atoms with Crippen LogP contribution < -0.4 is 9.47 Å². The summed E-state index contributed by atoms with van der Waals surface area (Å²) in [5.41, 5.74) is 2.69. The van der Waals surface area contributed by atoms with Crippen LogP contribution in [0.15, 0.2) is 97.1 Å². The second-order valence-corrected chi connectivity index (χ2v) is 7.26. The summed E-state index contributed by atoms with van der Waals surface area (Å²) in [6.45, 7) is 0. The van der Waals surface area contributed by atoms with Crippen molar-refractivity contribution in [2.45, 2.75) is 6.42 Å². The molecule has 0 saturated carbocycles. The molecule has 0 N–H and O–H groups in total. The Kier molecular flexibility index (Phi) is 6.55. The normalized spacial score (nSPS) is 10.5. The number of halogens is 2. The van der Waals surface area contributed by atoms with Crippen LogP contribution in [0.1, 0.15) is 31.8 Å². The third-order valence-corrected chi connectivity index (χ3v) is 4.84. The maximum absolute atomic E-state index is 13.0. The Morgan fingerprint density at radius 3 is 1.18 bits per heavy atom. The van der Waals surface area contributed by atoms with E-state index in [1.54, 1.807) is 24.3 Å². The number of hydrogen-bond donors (Lipinski definition) is 0. The van der Waals surface area contributed by atoms with Gasteiger partial charge < -0.3 is 9.47 Å². The number of carbonyl (C=O) groups is 2. The molecule has 0 aromatic heterocycles. The highest BCUT2D eigenvalue weighted by Gasteiger charge is 2.11. The number of esters is 2. The van der Waals surface area contributed by atoms with Crippen molar-refractivity contribution in [2.24, 2.45) is 0 Å². The van der Waals surface area contributed by atoms with E-state index in [0.717, 1.165) is 11.1 Å². The lowest BCUT2D eigenvalue weighted by Crippen LogP contribution is -2.09. The first kappa shape index (κ1) is 21.9. The monoisotopic (exact) mass is 444 g/mol. The minimum Gasteiger partial charge on any atom is -0.423 e. The molecular weight excluding hydrogens is 426 g/mol. The fourth-order valence-electron chi connectivity index (χ4n) is 3.09. The molecule has 4 rings (SSSR count). The maximum atomic E-state index is 13.0. The van der Waals surface area contributed by atoms with E-state index < -0.39 is 23.6 Å². The summed E-state index contributed by atoms with van der Waals surface area (Å²) in [5, 5.41) is 0. The number of ether oxygens (including phenoxy) is 2. The number of hydrogen-bond acceptors (Lipinski definition) is 4.